The number of nitrogens with zero attached hydrogens (tertiary/aromatic N) is 3. The first-order valence-corrected chi connectivity index (χ1v) is 15.5. The van der Waals surface area contributed by atoms with Crippen LogP contribution in [-0.4, -0.2) is 86.6 Å². The maximum atomic E-state index is 14.7. The van der Waals surface area contributed by atoms with Gasteiger partial charge < -0.3 is 24.5 Å². The molecule has 2 unspecified atom stereocenters. The van der Waals surface area contributed by atoms with Gasteiger partial charge in [-0.2, -0.15) is 0 Å². The zero-order valence-corrected chi connectivity index (χ0v) is 26.0. The fourth-order valence-electron chi connectivity index (χ4n) is 7.76. The zero-order valence-electron chi connectivity index (χ0n) is 26.0. The van der Waals surface area contributed by atoms with Crippen molar-refractivity contribution in [3.8, 4) is 0 Å². The van der Waals surface area contributed by atoms with Gasteiger partial charge in [0.15, 0.2) is 0 Å². The molecule has 1 spiro atoms. The van der Waals surface area contributed by atoms with Crippen LogP contribution in [0.15, 0.2) is 55.6 Å². The molecule has 1 N–H and O–H groups in total. The summed E-state index contributed by atoms with van der Waals surface area (Å²) in [6, 6.07) is 8.15. The van der Waals surface area contributed by atoms with Crippen LogP contribution >= 0.6 is 0 Å². The predicted octanol–water partition coefficient (Wildman–Crippen LogP) is 4.19. The minimum atomic E-state index is -1.14. The highest BCUT2D eigenvalue weighted by molar-refractivity contribution is 5.99. The van der Waals surface area contributed by atoms with Crippen LogP contribution in [0.5, 0.6) is 0 Å². The van der Waals surface area contributed by atoms with Gasteiger partial charge in [-0.05, 0) is 51.0 Å². The molecule has 230 valence electrons. The van der Waals surface area contributed by atoms with Crippen LogP contribution < -0.4 is 0 Å². The number of hydrogen-bond donors (Lipinski definition) is 1. The highest BCUT2D eigenvalue weighted by atomic mass is 16.5. The third kappa shape index (κ3) is 5.32. The third-order valence-electron chi connectivity index (χ3n) is 9.58. The number of amides is 3. The van der Waals surface area contributed by atoms with Crippen molar-refractivity contribution in [2.24, 2.45) is 17.8 Å². The number of aliphatic hydroxyl groups excluding tert-OH is 1. The van der Waals surface area contributed by atoms with Gasteiger partial charge in [-0.3, -0.25) is 14.4 Å². The van der Waals surface area contributed by atoms with E-state index in [9.17, 15) is 19.5 Å². The normalized spacial score (nSPS) is 28.7. The van der Waals surface area contributed by atoms with Gasteiger partial charge in [0.1, 0.15) is 11.6 Å². The maximum absolute atomic E-state index is 14.7. The van der Waals surface area contributed by atoms with E-state index >= 15 is 0 Å². The summed E-state index contributed by atoms with van der Waals surface area (Å²) in [6.45, 7) is 18.5. The maximum Gasteiger partial charge on any atom is 0.248 e. The molecular weight excluding hydrogens is 530 g/mol. The van der Waals surface area contributed by atoms with Crippen molar-refractivity contribution in [3.05, 3.63) is 61.2 Å². The average Bonchev–Trinajstić information content (AvgIpc) is 3.57. The highest BCUT2D eigenvalue weighted by Crippen LogP contribution is 2.65. The van der Waals surface area contributed by atoms with Gasteiger partial charge in [-0.1, -0.05) is 63.3 Å². The summed E-state index contributed by atoms with van der Waals surface area (Å²) in [7, 11) is 0. The van der Waals surface area contributed by atoms with Gasteiger partial charge in [0.05, 0.1) is 30.1 Å². The molecular formula is C34H49N3O5. The minimum Gasteiger partial charge on any atom is -0.394 e. The second-order valence-corrected chi connectivity index (χ2v) is 12.9. The summed E-state index contributed by atoms with van der Waals surface area (Å²) in [6.07, 6.45) is 5.58. The van der Waals surface area contributed by atoms with Crippen LogP contribution in [0.1, 0.15) is 65.9 Å². The molecule has 8 heteroatoms. The molecule has 3 saturated heterocycles. The Balaban J connectivity index is 1.83. The Hall–Kier alpha value is -2.97. The van der Waals surface area contributed by atoms with E-state index in [2.05, 4.69) is 13.2 Å². The van der Waals surface area contributed by atoms with Gasteiger partial charge in [-0.15, -0.1) is 13.2 Å². The molecule has 2 bridgehead atoms. The first kappa shape index (κ1) is 32.0. The number of fused-ring (bicyclic) bond motifs is 1. The summed E-state index contributed by atoms with van der Waals surface area (Å²) in [5.41, 5.74) is -0.999. The zero-order chi connectivity index (χ0) is 30.8. The third-order valence-corrected chi connectivity index (χ3v) is 9.58. The lowest BCUT2D eigenvalue weighted by molar-refractivity contribution is -0.159. The van der Waals surface area contributed by atoms with Crippen molar-refractivity contribution in [2.75, 3.05) is 19.7 Å². The number of carbonyl (C=O) groups excluding carboxylic acids is 3. The van der Waals surface area contributed by atoms with Crippen molar-refractivity contribution in [2.45, 2.75) is 96.2 Å². The molecule has 3 aliphatic rings. The lowest BCUT2D eigenvalue weighted by Crippen LogP contribution is -2.60. The first-order chi connectivity index (χ1) is 20.0. The Labute approximate surface area is 251 Å². The fourth-order valence-corrected chi connectivity index (χ4v) is 7.76. The molecule has 0 saturated carbocycles. The van der Waals surface area contributed by atoms with E-state index in [-0.39, 0.29) is 36.3 Å². The second-order valence-electron chi connectivity index (χ2n) is 12.9. The van der Waals surface area contributed by atoms with Crippen LogP contribution in [0.3, 0.4) is 0 Å². The van der Waals surface area contributed by atoms with Gasteiger partial charge in [0.2, 0.25) is 17.7 Å². The standard InChI is InChI=1S/C34H49N3O5/c1-8-18-35(21-25-14-12-11-13-15-25)30(39)27-28-31(40)37(26(22-38)20-23(4)5)29(32(41)36(19-9-2)24(6)7)34(28)17-16-33(27,10-3)42-34/h8-9,11-15,23-24,26-29,38H,1-2,10,16-22H2,3-7H3/t26-,27-,28+,29?,33+,34?/m1/s1. The summed E-state index contributed by atoms with van der Waals surface area (Å²) in [4.78, 5) is 48.9. The van der Waals surface area contributed by atoms with Crippen LogP contribution in [-0.2, 0) is 25.7 Å². The SMILES string of the molecule is C=CCN(Cc1ccccc1)C(=O)[C@H]1[C@H]2C(=O)N([C@@H](CO)CC(C)C)C(C(=O)N(CC=C)C(C)C)C23CC[C@]1(CC)O3. The van der Waals surface area contributed by atoms with Crippen molar-refractivity contribution < 1.29 is 24.2 Å². The summed E-state index contributed by atoms with van der Waals surface area (Å²) in [5, 5.41) is 10.6. The van der Waals surface area contributed by atoms with E-state index in [1.807, 2.05) is 65.0 Å². The molecule has 1 aromatic carbocycles. The van der Waals surface area contributed by atoms with Crippen LogP contribution in [0, 0.1) is 17.8 Å². The number of hydrogen-bond acceptors (Lipinski definition) is 5. The van der Waals surface area contributed by atoms with Gasteiger partial charge >= 0.3 is 0 Å². The van der Waals surface area contributed by atoms with Gasteiger partial charge in [0, 0.05) is 25.7 Å². The molecule has 0 aromatic heterocycles. The smallest absolute Gasteiger partial charge is 0.248 e. The quantitative estimate of drug-likeness (QED) is 0.334. The van der Waals surface area contributed by atoms with E-state index in [1.165, 1.54) is 0 Å². The molecule has 42 heavy (non-hydrogen) atoms. The molecule has 8 nitrogen and oxygen atoms in total. The van der Waals surface area contributed by atoms with Crippen LogP contribution in [0.25, 0.3) is 0 Å². The Morgan fingerprint density at radius 3 is 2.31 bits per heavy atom. The van der Waals surface area contributed by atoms with Gasteiger partial charge in [-0.25, -0.2) is 0 Å². The summed E-state index contributed by atoms with van der Waals surface area (Å²) < 4.78 is 6.98. The molecule has 3 amide bonds. The highest BCUT2D eigenvalue weighted by Gasteiger charge is 2.79. The minimum absolute atomic E-state index is 0.134. The van der Waals surface area contributed by atoms with Crippen molar-refractivity contribution in [1.29, 1.82) is 0 Å². The van der Waals surface area contributed by atoms with Crippen LogP contribution in [0.2, 0.25) is 0 Å². The van der Waals surface area contributed by atoms with E-state index in [0.29, 0.717) is 45.3 Å². The molecule has 0 radical (unpaired) electrons. The van der Waals surface area contributed by atoms with E-state index in [0.717, 1.165) is 5.56 Å². The monoisotopic (exact) mass is 579 g/mol. The molecule has 4 rings (SSSR count). The van der Waals surface area contributed by atoms with Crippen LogP contribution in [0.4, 0.5) is 0 Å². The average molecular weight is 580 g/mol. The number of benzene rings is 1. The molecule has 3 fully saturated rings. The molecule has 3 aliphatic heterocycles. The van der Waals surface area contributed by atoms with E-state index in [1.54, 1.807) is 26.9 Å². The summed E-state index contributed by atoms with van der Waals surface area (Å²) in [5.74, 6) is -1.99. The van der Waals surface area contributed by atoms with Gasteiger partial charge in [0.25, 0.3) is 0 Å². The Kier molecular flexibility index (Phi) is 9.68. The topological polar surface area (TPSA) is 90.4 Å². The number of aliphatic hydroxyl groups is 1. The largest absolute Gasteiger partial charge is 0.394 e. The number of carbonyl (C=O) groups is 3. The predicted molar refractivity (Wildman–Crippen MR) is 163 cm³/mol. The van der Waals surface area contributed by atoms with Crippen molar-refractivity contribution >= 4 is 17.7 Å². The van der Waals surface area contributed by atoms with E-state index < -0.39 is 35.1 Å². The lowest BCUT2D eigenvalue weighted by atomic mass is 9.64. The Morgan fingerprint density at radius 2 is 1.76 bits per heavy atom. The molecule has 6 atom stereocenters. The molecule has 1 aromatic rings. The summed E-state index contributed by atoms with van der Waals surface area (Å²) >= 11 is 0. The number of likely N-dealkylation sites (tertiary alicyclic amines) is 1. The number of rotatable bonds is 14. The van der Waals surface area contributed by atoms with Crippen molar-refractivity contribution in [1.82, 2.24) is 14.7 Å². The Morgan fingerprint density at radius 1 is 1.10 bits per heavy atom. The first-order valence-electron chi connectivity index (χ1n) is 15.5. The fraction of sp³-hybridized carbons (Fsp3) is 0.618. The Bertz CT molecular complexity index is 1170. The lowest BCUT2D eigenvalue weighted by Gasteiger charge is -2.41. The second kappa shape index (κ2) is 12.7. The molecule has 3 heterocycles. The number of ether oxygens (including phenoxy) is 1. The van der Waals surface area contributed by atoms with Crippen molar-refractivity contribution in [3.63, 3.8) is 0 Å². The van der Waals surface area contributed by atoms with E-state index in [4.69, 9.17) is 4.74 Å². The molecule has 0 aliphatic carbocycles.